The lowest BCUT2D eigenvalue weighted by atomic mass is 10.3. The second-order valence-corrected chi connectivity index (χ2v) is 1.72. The third-order valence-electron chi connectivity index (χ3n) is 0.943. The van der Waals surface area contributed by atoms with Crippen LogP contribution in [0, 0.1) is 0 Å². The van der Waals surface area contributed by atoms with Gasteiger partial charge in [0.15, 0.2) is 5.78 Å². The minimum absolute atomic E-state index is 0.159. The Bertz CT molecular complexity index is 183. The number of methoxy groups -OCH3 is 1. The number of amides is 1. The summed E-state index contributed by atoms with van der Waals surface area (Å²) in [5.74, 6) is -0.231. The molecular formula is C6H9NO3. The number of Topliss-reactive ketones (excluding diaryl/α,β-unsaturated/α-hetero) is 1. The summed E-state index contributed by atoms with van der Waals surface area (Å²) in [6.07, 6.45) is -0.743. The SMILES string of the molecule is COC(=O)/N=C(\C)C(C)=O. The number of aliphatic imine (C=N–C) groups is 1. The molecule has 0 aliphatic carbocycles. The molecule has 0 aromatic carbocycles. The summed E-state index contributed by atoms with van der Waals surface area (Å²) in [4.78, 5) is 24.1. The lowest BCUT2D eigenvalue weighted by Gasteiger charge is -1.91. The molecule has 0 aromatic rings. The number of ether oxygens (including phenoxy) is 1. The number of carbonyl (C=O) groups excluding carboxylic acids is 2. The van der Waals surface area contributed by atoms with Gasteiger partial charge in [-0.3, -0.25) is 4.79 Å². The summed E-state index contributed by atoms with van der Waals surface area (Å²) in [7, 11) is 1.21. The zero-order valence-corrected chi connectivity index (χ0v) is 6.17. The van der Waals surface area contributed by atoms with Crippen molar-refractivity contribution in [2.45, 2.75) is 13.8 Å². The quantitative estimate of drug-likeness (QED) is 0.510. The van der Waals surface area contributed by atoms with Gasteiger partial charge >= 0.3 is 6.09 Å². The van der Waals surface area contributed by atoms with E-state index in [1.165, 1.54) is 21.0 Å². The normalized spacial score (nSPS) is 10.9. The van der Waals surface area contributed by atoms with Gasteiger partial charge in [0.05, 0.1) is 12.8 Å². The maximum Gasteiger partial charge on any atom is 0.433 e. The first-order valence-electron chi connectivity index (χ1n) is 2.72. The lowest BCUT2D eigenvalue weighted by molar-refractivity contribution is -0.111. The molecule has 10 heavy (non-hydrogen) atoms. The largest absolute Gasteiger partial charge is 0.451 e. The Morgan fingerprint density at radius 2 is 1.80 bits per heavy atom. The van der Waals surface area contributed by atoms with Gasteiger partial charge in [-0.25, -0.2) is 4.79 Å². The molecule has 0 aliphatic rings. The van der Waals surface area contributed by atoms with Crippen LogP contribution in [0.25, 0.3) is 0 Å². The summed E-state index contributed by atoms with van der Waals surface area (Å²) in [5, 5.41) is 0. The maximum absolute atomic E-state index is 10.5. The predicted octanol–water partition coefficient (Wildman–Crippen LogP) is 0.803. The lowest BCUT2D eigenvalue weighted by Crippen LogP contribution is -2.07. The average Bonchev–Trinajstić information content (AvgIpc) is 1.87. The van der Waals surface area contributed by atoms with Crippen molar-refractivity contribution in [3.63, 3.8) is 0 Å². The fourth-order valence-electron chi connectivity index (χ4n) is 0.261. The summed E-state index contributed by atoms with van der Waals surface area (Å²) in [5.41, 5.74) is 0.159. The molecule has 0 heterocycles. The number of rotatable bonds is 1. The monoisotopic (exact) mass is 143 g/mol. The van der Waals surface area contributed by atoms with E-state index in [0.717, 1.165) is 0 Å². The van der Waals surface area contributed by atoms with Crippen LogP contribution in [-0.4, -0.2) is 24.7 Å². The van der Waals surface area contributed by atoms with Gasteiger partial charge in [0.25, 0.3) is 0 Å². The molecule has 0 saturated carbocycles. The molecule has 0 rings (SSSR count). The molecule has 0 fully saturated rings. The van der Waals surface area contributed by atoms with Crippen molar-refractivity contribution in [2.24, 2.45) is 4.99 Å². The van der Waals surface area contributed by atoms with Crippen molar-refractivity contribution >= 4 is 17.6 Å². The van der Waals surface area contributed by atoms with Crippen molar-refractivity contribution in [2.75, 3.05) is 7.11 Å². The Kier molecular flexibility index (Phi) is 3.32. The molecule has 56 valence electrons. The molecule has 1 amide bonds. The van der Waals surface area contributed by atoms with Gasteiger partial charge in [0, 0.05) is 6.92 Å². The van der Waals surface area contributed by atoms with Crippen molar-refractivity contribution in [3.05, 3.63) is 0 Å². The molecule has 4 heteroatoms. The van der Waals surface area contributed by atoms with E-state index in [0.29, 0.717) is 0 Å². The Morgan fingerprint density at radius 1 is 1.30 bits per heavy atom. The molecule has 0 atom stereocenters. The molecular weight excluding hydrogens is 134 g/mol. The van der Waals surface area contributed by atoms with E-state index in [2.05, 4.69) is 9.73 Å². The first kappa shape index (κ1) is 8.81. The first-order chi connectivity index (χ1) is 4.57. The van der Waals surface area contributed by atoms with Crippen LogP contribution < -0.4 is 0 Å². The van der Waals surface area contributed by atoms with E-state index in [4.69, 9.17) is 0 Å². The van der Waals surface area contributed by atoms with Gasteiger partial charge in [-0.1, -0.05) is 0 Å². The van der Waals surface area contributed by atoms with Crippen LogP contribution in [0.15, 0.2) is 4.99 Å². The summed E-state index contributed by atoms with van der Waals surface area (Å²) < 4.78 is 4.19. The number of hydrogen-bond donors (Lipinski definition) is 0. The summed E-state index contributed by atoms with van der Waals surface area (Å²) >= 11 is 0. The van der Waals surface area contributed by atoms with E-state index in [1.54, 1.807) is 0 Å². The van der Waals surface area contributed by atoms with E-state index < -0.39 is 6.09 Å². The van der Waals surface area contributed by atoms with Crippen LogP contribution in [0.3, 0.4) is 0 Å². The van der Waals surface area contributed by atoms with Gasteiger partial charge in [0.2, 0.25) is 0 Å². The second kappa shape index (κ2) is 3.76. The Labute approximate surface area is 58.9 Å². The first-order valence-corrected chi connectivity index (χ1v) is 2.72. The average molecular weight is 143 g/mol. The molecule has 0 bridgehead atoms. The highest BCUT2D eigenvalue weighted by Crippen LogP contribution is 1.84. The standard InChI is InChI=1S/C6H9NO3/c1-4(5(2)8)7-6(9)10-3/h1-3H3/b7-4+. The topological polar surface area (TPSA) is 55.7 Å². The number of nitrogens with zero attached hydrogens (tertiary/aromatic N) is 1. The van der Waals surface area contributed by atoms with Crippen molar-refractivity contribution in [1.29, 1.82) is 0 Å². The minimum atomic E-state index is -0.743. The molecule has 0 spiro atoms. The molecule has 0 unspecified atom stereocenters. The fraction of sp³-hybridized carbons (Fsp3) is 0.500. The molecule has 0 aliphatic heterocycles. The highest BCUT2D eigenvalue weighted by atomic mass is 16.5. The highest BCUT2D eigenvalue weighted by Gasteiger charge is 2.01. The number of ketones is 1. The van der Waals surface area contributed by atoms with E-state index in [-0.39, 0.29) is 11.5 Å². The Balaban J connectivity index is 4.16. The van der Waals surface area contributed by atoms with Gasteiger partial charge in [0.1, 0.15) is 0 Å². The summed E-state index contributed by atoms with van der Waals surface area (Å²) in [6, 6.07) is 0. The Hall–Kier alpha value is -1.19. The van der Waals surface area contributed by atoms with Gasteiger partial charge in [-0.2, -0.15) is 4.99 Å². The molecule has 0 saturated heterocycles. The van der Waals surface area contributed by atoms with E-state index >= 15 is 0 Å². The predicted molar refractivity (Wildman–Crippen MR) is 36.2 cm³/mol. The number of hydrogen-bond acceptors (Lipinski definition) is 3. The number of carbonyl (C=O) groups is 2. The van der Waals surface area contributed by atoms with Crippen LogP contribution in [-0.2, 0) is 9.53 Å². The van der Waals surface area contributed by atoms with Crippen LogP contribution >= 0.6 is 0 Å². The van der Waals surface area contributed by atoms with Crippen molar-refractivity contribution in [3.8, 4) is 0 Å². The van der Waals surface area contributed by atoms with E-state index in [1.807, 2.05) is 0 Å². The van der Waals surface area contributed by atoms with Crippen LogP contribution in [0.2, 0.25) is 0 Å². The molecule has 0 N–H and O–H groups in total. The van der Waals surface area contributed by atoms with Crippen molar-refractivity contribution in [1.82, 2.24) is 0 Å². The van der Waals surface area contributed by atoms with Crippen LogP contribution in [0.5, 0.6) is 0 Å². The van der Waals surface area contributed by atoms with E-state index in [9.17, 15) is 9.59 Å². The third-order valence-corrected chi connectivity index (χ3v) is 0.943. The zero-order chi connectivity index (χ0) is 8.15. The molecule has 4 nitrogen and oxygen atoms in total. The smallest absolute Gasteiger partial charge is 0.433 e. The zero-order valence-electron chi connectivity index (χ0n) is 6.17. The molecule has 0 aromatic heterocycles. The van der Waals surface area contributed by atoms with Crippen LogP contribution in [0.1, 0.15) is 13.8 Å². The fourth-order valence-corrected chi connectivity index (χ4v) is 0.261. The Morgan fingerprint density at radius 3 is 2.10 bits per heavy atom. The van der Waals surface area contributed by atoms with Crippen molar-refractivity contribution < 1.29 is 14.3 Å². The highest BCUT2D eigenvalue weighted by molar-refractivity contribution is 6.39. The second-order valence-electron chi connectivity index (χ2n) is 1.72. The summed E-state index contributed by atoms with van der Waals surface area (Å²) in [6.45, 7) is 2.79. The maximum atomic E-state index is 10.5. The minimum Gasteiger partial charge on any atom is -0.451 e. The van der Waals surface area contributed by atoms with Gasteiger partial charge in [-0.05, 0) is 6.92 Å². The third kappa shape index (κ3) is 2.96. The van der Waals surface area contributed by atoms with Gasteiger partial charge in [-0.15, -0.1) is 0 Å². The van der Waals surface area contributed by atoms with Crippen LogP contribution in [0.4, 0.5) is 4.79 Å². The molecule has 0 radical (unpaired) electrons. The van der Waals surface area contributed by atoms with Gasteiger partial charge < -0.3 is 4.74 Å².